The van der Waals surface area contributed by atoms with Gasteiger partial charge >= 0.3 is 0 Å². The first kappa shape index (κ1) is 12.2. The largest absolute Gasteiger partial charge is 0.377 e. The van der Waals surface area contributed by atoms with Crippen LogP contribution in [0.4, 0.5) is 0 Å². The first-order chi connectivity index (χ1) is 9.35. The summed E-state index contributed by atoms with van der Waals surface area (Å²) in [6.07, 6.45) is 1.15. The Kier molecular flexibility index (Phi) is 3.22. The van der Waals surface area contributed by atoms with Crippen LogP contribution < -0.4 is 0 Å². The van der Waals surface area contributed by atoms with Crippen LogP contribution in [0.1, 0.15) is 25.0 Å². The zero-order valence-electron chi connectivity index (χ0n) is 11.4. The number of hydrogen-bond acceptors (Lipinski definition) is 1. The molecule has 0 aliphatic rings. The Hall–Kier alpha value is -1.86. The van der Waals surface area contributed by atoms with Gasteiger partial charge in [-0.3, -0.25) is 0 Å². The van der Waals surface area contributed by atoms with Crippen molar-refractivity contribution in [3.8, 4) is 0 Å². The zero-order valence-corrected chi connectivity index (χ0v) is 11.4. The Bertz CT molecular complexity index is 711. The van der Waals surface area contributed by atoms with Crippen LogP contribution in [0.15, 0.2) is 54.6 Å². The van der Waals surface area contributed by atoms with Gasteiger partial charge in [-0.25, -0.2) is 0 Å². The van der Waals surface area contributed by atoms with Crippen LogP contribution in [0.2, 0.25) is 0 Å². The van der Waals surface area contributed by atoms with E-state index in [0.29, 0.717) is 0 Å². The molecule has 0 heterocycles. The van der Waals surface area contributed by atoms with Crippen molar-refractivity contribution < 1.29 is 4.74 Å². The molecule has 0 aliphatic carbocycles. The third kappa shape index (κ3) is 2.00. The average Bonchev–Trinajstić information content (AvgIpc) is 2.48. The van der Waals surface area contributed by atoms with Crippen LogP contribution in [-0.2, 0) is 4.74 Å². The maximum atomic E-state index is 5.64. The van der Waals surface area contributed by atoms with Crippen LogP contribution in [0, 0.1) is 0 Å². The Morgan fingerprint density at radius 1 is 0.895 bits per heavy atom. The number of benzene rings is 3. The van der Waals surface area contributed by atoms with E-state index >= 15 is 0 Å². The van der Waals surface area contributed by atoms with Crippen molar-refractivity contribution in [3.63, 3.8) is 0 Å². The number of ether oxygens (including phenoxy) is 1. The van der Waals surface area contributed by atoms with E-state index in [0.717, 1.165) is 6.42 Å². The minimum atomic E-state index is 0.162. The van der Waals surface area contributed by atoms with Crippen molar-refractivity contribution in [1.29, 1.82) is 0 Å². The van der Waals surface area contributed by atoms with E-state index in [1.807, 2.05) is 0 Å². The molecular formula is C18H18O. The van der Waals surface area contributed by atoms with E-state index in [1.165, 1.54) is 27.1 Å². The summed E-state index contributed by atoms with van der Waals surface area (Å²) in [7, 11) is 1.79. The lowest BCUT2D eigenvalue weighted by Crippen LogP contribution is -2.01. The van der Waals surface area contributed by atoms with Gasteiger partial charge in [-0.2, -0.15) is 0 Å². The highest BCUT2D eigenvalue weighted by Gasteiger charge is 2.13. The van der Waals surface area contributed by atoms with Gasteiger partial charge in [0.1, 0.15) is 0 Å². The SMILES string of the molecule is CC[C@@H](OC)c1cc2ccccc2c2ccccc12. The van der Waals surface area contributed by atoms with E-state index in [-0.39, 0.29) is 6.10 Å². The number of rotatable bonds is 3. The summed E-state index contributed by atoms with van der Waals surface area (Å²) in [6, 6.07) is 19.4. The fourth-order valence-corrected chi connectivity index (χ4v) is 2.86. The highest BCUT2D eigenvalue weighted by Crippen LogP contribution is 2.34. The van der Waals surface area contributed by atoms with Crippen molar-refractivity contribution in [2.45, 2.75) is 19.4 Å². The lowest BCUT2D eigenvalue weighted by Gasteiger charge is -2.17. The summed E-state index contributed by atoms with van der Waals surface area (Å²) < 4.78 is 5.64. The Morgan fingerprint density at radius 3 is 2.21 bits per heavy atom. The molecule has 0 saturated carbocycles. The molecule has 3 rings (SSSR count). The van der Waals surface area contributed by atoms with Crippen LogP contribution in [0.3, 0.4) is 0 Å². The molecule has 0 radical (unpaired) electrons. The molecule has 0 aromatic heterocycles. The van der Waals surface area contributed by atoms with Crippen molar-refractivity contribution >= 4 is 21.5 Å². The Labute approximate surface area is 113 Å². The van der Waals surface area contributed by atoms with Crippen molar-refractivity contribution in [3.05, 3.63) is 60.2 Å². The highest BCUT2D eigenvalue weighted by molar-refractivity contribution is 6.09. The molecule has 3 aromatic rings. The minimum Gasteiger partial charge on any atom is -0.377 e. The highest BCUT2D eigenvalue weighted by atomic mass is 16.5. The van der Waals surface area contributed by atoms with E-state index in [9.17, 15) is 0 Å². The van der Waals surface area contributed by atoms with Gasteiger partial charge in [0.15, 0.2) is 0 Å². The Balaban J connectivity index is 2.42. The van der Waals surface area contributed by atoms with Gasteiger partial charge in [0, 0.05) is 7.11 Å². The van der Waals surface area contributed by atoms with Crippen LogP contribution >= 0.6 is 0 Å². The third-order valence-corrected chi connectivity index (χ3v) is 3.80. The molecule has 3 aromatic carbocycles. The van der Waals surface area contributed by atoms with Gasteiger partial charge in [-0.15, -0.1) is 0 Å². The molecule has 0 aliphatic heterocycles. The molecule has 1 heteroatoms. The maximum absolute atomic E-state index is 5.64. The van der Waals surface area contributed by atoms with Gasteiger partial charge in [-0.1, -0.05) is 55.5 Å². The average molecular weight is 250 g/mol. The van der Waals surface area contributed by atoms with E-state index in [2.05, 4.69) is 61.5 Å². The molecule has 0 fully saturated rings. The van der Waals surface area contributed by atoms with E-state index in [4.69, 9.17) is 4.74 Å². The number of hydrogen-bond donors (Lipinski definition) is 0. The van der Waals surface area contributed by atoms with Gasteiger partial charge in [0.05, 0.1) is 6.10 Å². The first-order valence-electron chi connectivity index (χ1n) is 6.78. The summed E-state index contributed by atoms with van der Waals surface area (Å²) in [5.41, 5.74) is 1.29. The summed E-state index contributed by atoms with van der Waals surface area (Å²) in [6.45, 7) is 2.16. The topological polar surface area (TPSA) is 9.23 Å². The van der Waals surface area contributed by atoms with Crippen LogP contribution in [-0.4, -0.2) is 7.11 Å². The lowest BCUT2D eigenvalue weighted by atomic mass is 9.94. The fraction of sp³-hybridized carbons (Fsp3) is 0.222. The first-order valence-corrected chi connectivity index (χ1v) is 6.78. The van der Waals surface area contributed by atoms with Crippen molar-refractivity contribution in [1.82, 2.24) is 0 Å². The second kappa shape index (κ2) is 5.02. The molecule has 96 valence electrons. The second-order valence-corrected chi connectivity index (χ2v) is 4.87. The molecule has 0 N–H and O–H groups in total. The van der Waals surface area contributed by atoms with Gasteiger partial charge in [-0.05, 0) is 39.6 Å². The smallest absolute Gasteiger partial charge is 0.0824 e. The maximum Gasteiger partial charge on any atom is 0.0824 e. The predicted octanol–water partition coefficient (Wildman–Crippen LogP) is 5.09. The normalized spacial score (nSPS) is 12.9. The summed E-state index contributed by atoms with van der Waals surface area (Å²) in [5.74, 6) is 0. The van der Waals surface area contributed by atoms with E-state index < -0.39 is 0 Å². The Morgan fingerprint density at radius 2 is 1.53 bits per heavy atom. The molecule has 0 amide bonds. The van der Waals surface area contributed by atoms with Crippen molar-refractivity contribution in [2.75, 3.05) is 7.11 Å². The third-order valence-electron chi connectivity index (χ3n) is 3.80. The monoisotopic (exact) mass is 250 g/mol. The molecule has 0 spiro atoms. The zero-order chi connectivity index (χ0) is 13.2. The molecule has 19 heavy (non-hydrogen) atoms. The number of methoxy groups -OCH3 is 1. The van der Waals surface area contributed by atoms with Crippen LogP contribution in [0.5, 0.6) is 0 Å². The molecule has 0 bridgehead atoms. The van der Waals surface area contributed by atoms with Crippen molar-refractivity contribution in [2.24, 2.45) is 0 Å². The molecule has 0 unspecified atom stereocenters. The standard InChI is InChI=1S/C18H18O/c1-3-18(19-2)17-12-13-8-4-5-9-14(13)15-10-6-7-11-16(15)17/h4-12,18H,3H2,1-2H3/t18-/m1/s1. The molecule has 1 nitrogen and oxygen atoms in total. The number of fused-ring (bicyclic) bond motifs is 3. The minimum absolute atomic E-state index is 0.162. The van der Waals surface area contributed by atoms with Gasteiger partial charge < -0.3 is 4.74 Å². The summed E-state index contributed by atoms with van der Waals surface area (Å²) >= 11 is 0. The van der Waals surface area contributed by atoms with Gasteiger partial charge in [0.25, 0.3) is 0 Å². The lowest BCUT2D eigenvalue weighted by molar-refractivity contribution is 0.101. The summed E-state index contributed by atoms with van der Waals surface area (Å²) in [4.78, 5) is 0. The quantitative estimate of drug-likeness (QED) is 0.588. The fourth-order valence-electron chi connectivity index (χ4n) is 2.86. The van der Waals surface area contributed by atoms with Crippen LogP contribution in [0.25, 0.3) is 21.5 Å². The molecule has 0 saturated heterocycles. The van der Waals surface area contributed by atoms with Gasteiger partial charge in [0.2, 0.25) is 0 Å². The predicted molar refractivity (Wildman–Crippen MR) is 81.5 cm³/mol. The molecular weight excluding hydrogens is 232 g/mol. The summed E-state index contributed by atoms with van der Waals surface area (Å²) in [5, 5.41) is 5.21. The second-order valence-electron chi connectivity index (χ2n) is 4.87. The molecule has 1 atom stereocenters. The van der Waals surface area contributed by atoms with E-state index in [1.54, 1.807) is 7.11 Å².